The smallest absolute Gasteiger partial charge is 0.270 e. The van der Waals surface area contributed by atoms with E-state index < -0.39 is 0 Å². The second-order valence-corrected chi connectivity index (χ2v) is 5.97. The minimum absolute atomic E-state index is 0.223. The molecule has 2 aromatic heterocycles. The van der Waals surface area contributed by atoms with Crippen LogP contribution in [0.25, 0.3) is 0 Å². The van der Waals surface area contributed by atoms with E-state index in [9.17, 15) is 4.79 Å². The van der Waals surface area contributed by atoms with Crippen LogP contribution >= 0.6 is 0 Å². The maximum atomic E-state index is 12.5. The average molecular weight is 347 g/mol. The van der Waals surface area contributed by atoms with Gasteiger partial charge >= 0.3 is 0 Å². The fraction of sp³-hybridized carbons (Fsp3) is 0.200. The fourth-order valence-corrected chi connectivity index (χ4v) is 2.53. The number of nitrogens with one attached hydrogen (secondary N) is 2. The zero-order valence-electron chi connectivity index (χ0n) is 14.9. The van der Waals surface area contributed by atoms with Crippen molar-refractivity contribution in [3.63, 3.8) is 0 Å². The van der Waals surface area contributed by atoms with Crippen molar-refractivity contribution in [1.29, 1.82) is 0 Å². The first-order valence-corrected chi connectivity index (χ1v) is 8.44. The van der Waals surface area contributed by atoms with Crippen molar-refractivity contribution in [3.8, 4) is 0 Å². The molecule has 0 aliphatic heterocycles. The van der Waals surface area contributed by atoms with Crippen molar-refractivity contribution in [1.82, 2.24) is 20.3 Å². The average Bonchev–Trinajstić information content (AvgIpc) is 2.66. The van der Waals surface area contributed by atoms with Crippen molar-refractivity contribution in [3.05, 3.63) is 83.1 Å². The maximum absolute atomic E-state index is 12.5. The number of carbonyl (C=O) groups excluding carboxylic acids is 1. The van der Waals surface area contributed by atoms with Crippen LogP contribution < -0.4 is 10.6 Å². The topological polar surface area (TPSA) is 79.8 Å². The molecule has 0 fully saturated rings. The number of pyridine rings is 1. The first-order chi connectivity index (χ1) is 12.6. The van der Waals surface area contributed by atoms with Gasteiger partial charge in [-0.25, -0.2) is 9.97 Å². The van der Waals surface area contributed by atoms with Gasteiger partial charge in [0.2, 0.25) is 0 Å². The highest BCUT2D eigenvalue weighted by Gasteiger charge is 2.11. The van der Waals surface area contributed by atoms with E-state index in [4.69, 9.17) is 0 Å². The van der Waals surface area contributed by atoms with Crippen LogP contribution in [0.2, 0.25) is 0 Å². The lowest BCUT2D eigenvalue weighted by Crippen LogP contribution is -2.25. The molecule has 0 radical (unpaired) electrons. The standard InChI is InChI=1S/C20H21N5O/c1-14-7-3-4-8-16(14)12-23-20(26)18-11-19(25-15(2)24-18)22-13-17-9-5-6-10-21-17/h3-11H,12-13H2,1-2H3,(H,23,26)(H,22,24,25). The van der Waals surface area contributed by atoms with E-state index in [2.05, 4.69) is 25.6 Å². The molecular formula is C20H21N5O. The summed E-state index contributed by atoms with van der Waals surface area (Å²) >= 11 is 0. The fourth-order valence-electron chi connectivity index (χ4n) is 2.53. The minimum atomic E-state index is -0.223. The van der Waals surface area contributed by atoms with Crippen molar-refractivity contribution >= 4 is 11.7 Å². The van der Waals surface area contributed by atoms with Crippen LogP contribution in [-0.2, 0) is 13.1 Å². The third-order valence-corrected chi connectivity index (χ3v) is 3.95. The van der Waals surface area contributed by atoms with Crippen LogP contribution in [0.15, 0.2) is 54.7 Å². The molecule has 0 saturated carbocycles. The zero-order chi connectivity index (χ0) is 18.4. The van der Waals surface area contributed by atoms with Gasteiger partial charge in [-0.1, -0.05) is 30.3 Å². The highest BCUT2D eigenvalue weighted by atomic mass is 16.1. The predicted molar refractivity (Wildman–Crippen MR) is 101 cm³/mol. The Morgan fingerprint density at radius 2 is 1.81 bits per heavy atom. The highest BCUT2D eigenvalue weighted by Crippen LogP contribution is 2.10. The first kappa shape index (κ1) is 17.5. The summed E-state index contributed by atoms with van der Waals surface area (Å²) in [5, 5.41) is 6.10. The number of benzene rings is 1. The van der Waals surface area contributed by atoms with Crippen LogP contribution in [0.5, 0.6) is 0 Å². The van der Waals surface area contributed by atoms with E-state index in [1.54, 1.807) is 19.2 Å². The number of aryl methyl sites for hydroxylation is 2. The number of nitrogens with zero attached hydrogens (tertiary/aromatic N) is 3. The molecule has 0 aliphatic rings. The summed E-state index contributed by atoms with van der Waals surface area (Å²) < 4.78 is 0. The van der Waals surface area contributed by atoms with Crippen LogP contribution in [-0.4, -0.2) is 20.9 Å². The number of aromatic nitrogens is 3. The largest absolute Gasteiger partial charge is 0.364 e. The summed E-state index contributed by atoms with van der Waals surface area (Å²) in [5.74, 6) is 0.917. The maximum Gasteiger partial charge on any atom is 0.270 e. The number of hydrogen-bond acceptors (Lipinski definition) is 5. The Balaban J connectivity index is 1.66. The van der Waals surface area contributed by atoms with E-state index in [1.165, 1.54) is 0 Å². The second kappa shape index (κ2) is 8.20. The quantitative estimate of drug-likeness (QED) is 0.716. The van der Waals surface area contributed by atoms with Gasteiger partial charge in [0.1, 0.15) is 17.3 Å². The summed E-state index contributed by atoms with van der Waals surface area (Å²) in [6.07, 6.45) is 1.74. The van der Waals surface area contributed by atoms with Gasteiger partial charge in [-0.05, 0) is 37.1 Å². The van der Waals surface area contributed by atoms with Gasteiger partial charge in [-0.2, -0.15) is 0 Å². The number of hydrogen-bond donors (Lipinski definition) is 2. The van der Waals surface area contributed by atoms with Gasteiger partial charge in [-0.3, -0.25) is 9.78 Å². The molecule has 3 aromatic rings. The Kier molecular flexibility index (Phi) is 5.53. The third kappa shape index (κ3) is 4.63. The molecule has 2 heterocycles. The molecule has 1 aromatic carbocycles. The van der Waals surface area contributed by atoms with Crippen LogP contribution in [0.4, 0.5) is 5.82 Å². The molecule has 0 saturated heterocycles. The lowest BCUT2D eigenvalue weighted by atomic mass is 10.1. The number of rotatable bonds is 6. The SMILES string of the molecule is Cc1nc(NCc2ccccn2)cc(C(=O)NCc2ccccc2C)n1. The molecule has 0 bridgehead atoms. The molecular weight excluding hydrogens is 326 g/mol. The summed E-state index contributed by atoms with van der Waals surface area (Å²) in [6, 6.07) is 15.3. The number of anilines is 1. The van der Waals surface area contributed by atoms with Gasteiger partial charge in [0.15, 0.2) is 0 Å². The summed E-state index contributed by atoms with van der Waals surface area (Å²) in [5.41, 5.74) is 3.47. The van der Waals surface area contributed by atoms with E-state index in [0.717, 1.165) is 16.8 Å². The predicted octanol–water partition coefficient (Wildman–Crippen LogP) is 3.03. The van der Waals surface area contributed by atoms with Gasteiger partial charge < -0.3 is 10.6 Å². The van der Waals surface area contributed by atoms with E-state index in [1.807, 2.05) is 49.4 Å². The second-order valence-electron chi connectivity index (χ2n) is 5.97. The molecule has 26 heavy (non-hydrogen) atoms. The van der Waals surface area contributed by atoms with Gasteiger partial charge in [0, 0.05) is 18.8 Å². The lowest BCUT2D eigenvalue weighted by molar-refractivity contribution is 0.0945. The van der Waals surface area contributed by atoms with Gasteiger partial charge in [0.25, 0.3) is 5.91 Å². The normalized spacial score (nSPS) is 10.4. The monoisotopic (exact) mass is 347 g/mol. The Bertz CT molecular complexity index is 896. The molecule has 132 valence electrons. The van der Waals surface area contributed by atoms with Crippen molar-refractivity contribution in [2.45, 2.75) is 26.9 Å². The van der Waals surface area contributed by atoms with Gasteiger partial charge in [-0.15, -0.1) is 0 Å². The third-order valence-electron chi connectivity index (χ3n) is 3.95. The molecule has 3 rings (SSSR count). The van der Waals surface area contributed by atoms with Crippen molar-refractivity contribution < 1.29 is 4.79 Å². The number of amides is 1. The summed E-state index contributed by atoms with van der Waals surface area (Å²) in [4.78, 5) is 25.3. The Hall–Kier alpha value is -3.28. The molecule has 0 spiro atoms. The van der Waals surface area contributed by atoms with E-state index in [-0.39, 0.29) is 5.91 Å². The van der Waals surface area contributed by atoms with Crippen LogP contribution in [0.1, 0.15) is 33.1 Å². The first-order valence-electron chi connectivity index (χ1n) is 8.44. The molecule has 1 amide bonds. The van der Waals surface area contributed by atoms with Crippen LogP contribution in [0.3, 0.4) is 0 Å². The van der Waals surface area contributed by atoms with Crippen molar-refractivity contribution in [2.24, 2.45) is 0 Å². The molecule has 0 aliphatic carbocycles. The van der Waals surface area contributed by atoms with Crippen LogP contribution in [0, 0.1) is 13.8 Å². The van der Waals surface area contributed by atoms with E-state index in [0.29, 0.717) is 30.4 Å². The van der Waals surface area contributed by atoms with E-state index >= 15 is 0 Å². The summed E-state index contributed by atoms with van der Waals surface area (Å²) in [7, 11) is 0. The zero-order valence-corrected chi connectivity index (χ0v) is 14.9. The Morgan fingerprint density at radius 1 is 1.00 bits per heavy atom. The Morgan fingerprint density at radius 3 is 2.58 bits per heavy atom. The molecule has 6 nitrogen and oxygen atoms in total. The summed E-state index contributed by atoms with van der Waals surface area (Å²) in [6.45, 7) is 4.78. The molecule has 6 heteroatoms. The Labute approximate surface area is 152 Å². The highest BCUT2D eigenvalue weighted by molar-refractivity contribution is 5.92. The lowest BCUT2D eigenvalue weighted by Gasteiger charge is -2.10. The molecule has 0 atom stereocenters. The van der Waals surface area contributed by atoms with Crippen molar-refractivity contribution in [2.75, 3.05) is 5.32 Å². The molecule has 2 N–H and O–H groups in total. The molecule has 0 unspecified atom stereocenters. The van der Waals surface area contributed by atoms with Gasteiger partial charge in [0.05, 0.1) is 12.2 Å². The minimum Gasteiger partial charge on any atom is -0.364 e. The number of carbonyl (C=O) groups is 1.